The lowest BCUT2D eigenvalue weighted by molar-refractivity contribution is 0.102. The second-order valence-corrected chi connectivity index (χ2v) is 8.80. The lowest BCUT2D eigenvalue weighted by Crippen LogP contribution is -2.34. The highest BCUT2D eigenvalue weighted by atomic mass is 32.2. The number of benzene rings is 1. The molecule has 6 nitrogen and oxygen atoms in total. The molecule has 0 spiro atoms. The van der Waals surface area contributed by atoms with Crippen LogP contribution < -0.4 is 10.0 Å². The summed E-state index contributed by atoms with van der Waals surface area (Å²) in [5, 5.41) is 1.52. The molecule has 1 aromatic heterocycles. The predicted octanol–water partition coefficient (Wildman–Crippen LogP) is 2.65. The molecule has 26 heavy (non-hydrogen) atoms. The maximum Gasteiger partial charge on any atom is 0.259 e. The van der Waals surface area contributed by atoms with Gasteiger partial charge in [0.2, 0.25) is 0 Å². The molecular weight excluding hydrogens is 386 g/mol. The lowest BCUT2D eigenvalue weighted by Gasteiger charge is -2.09. The van der Waals surface area contributed by atoms with Crippen molar-refractivity contribution in [2.75, 3.05) is 18.5 Å². The van der Waals surface area contributed by atoms with Crippen LogP contribution >= 0.6 is 11.3 Å². The molecule has 1 fully saturated rings. The van der Waals surface area contributed by atoms with Crippen LogP contribution in [-0.4, -0.2) is 33.6 Å². The van der Waals surface area contributed by atoms with Gasteiger partial charge < -0.3 is 10.1 Å². The van der Waals surface area contributed by atoms with E-state index in [-0.39, 0.29) is 28.1 Å². The van der Waals surface area contributed by atoms with Gasteiger partial charge in [-0.2, -0.15) is 4.39 Å². The Hall–Kier alpha value is -1.88. The predicted molar refractivity (Wildman–Crippen MR) is 92.9 cm³/mol. The van der Waals surface area contributed by atoms with Crippen LogP contribution in [0, 0.1) is 17.9 Å². The van der Waals surface area contributed by atoms with Gasteiger partial charge in [-0.3, -0.25) is 4.79 Å². The largest absolute Gasteiger partial charge is 0.380 e. The second kappa shape index (κ2) is 7.39. The Morgan fingerprint density at radius 1 is 1.31 bits per heavy atom. The summed E-state index contributed by atoms with van der Waals surface area (Å²) in [4.78, 5) is 12.2. The van der Waals surface area contributed by atoms with Crippen LogP contribution in [0.25, 0.3) is 0 Å². The van der Waals surface area contributed by atoms with Gasteiger partial charge in [-0.25, -0.2) is 17.5 Å². The van der Waals surface area contributed by atoms with Crippen molar-refractivity contribution in [1.82, 2.24) is 4.72 Å². The molecule has 140 valence electrons. The number of aryl methyl sites for hydroxylation is 1. The van der Waals surface area contributed by atoms with E-state index in [1.54, 1.807) is 0 Å². The molecular formula is C16H16F2N2O4S2. The van der Waals surface area contributed by atoms with Crippen molar-refractivity contribution in [1.29, 1.82) is 0 Å². The van der Waals surface area contributed by atoms with Crippen LogP contribution in [0.2, 0.25) is 0 Å². The van der Waals surface area contributed by atoms with E-state index in [4.69, 9.17) is 4.74 Å². The first kappa shape index (κ1) is 18.9. The third kappa shape index (κ3) is 4.09. The highest BCUT2D eigenvalue weighted by Gasteiger charge is 2.28. The van der Waals surface area contributed by atoms with Crippen LogP contribution in [0.5, 0.6) is 0 Å². The minimum Gasteiger partial charge on any atom is -0.380 e. The first-order valence-electron chi connectivity index (χ1n) is 7.73. The van der Waals surface area contributed by atoms with Gasteiger partial charge in [0.25, 0.3) is 15.9 Å². The van der Waals surface area contributed by atoms with Crippen molar-refractivity contribution in [2.45, 2.75) is 23.6 Å². The molecule has 1 amide bonds. The van der Waals surface area contributed by atoms with Crippen LogP contribution in [0.4, 0.5) is 14.5 Å². The SMILES string of the molecule is Cc1cc(NC(=O)c2cc(S(=O)(=O)N[C@H]3CCOC3)sc2F)ccc1F. The van der Waals surface area contributed by atoms with Gasteiger partial charge in [0.05, 0.1) is 12.2 Å². The first-order valence-corrected chi connectivity index (χ1v) is 10.0. The van der Waals surface area contributed by atoms with Crippen molar-refractivity contribution in [3.63, 3.8) is 0 Å². The number of hydrogen-bond donors (Lipinski definition) is 2. The number of sulfonamides is 1. The minimum absolute atomic E-state index is 0.254. The van der Waals surface area contributed by atoms with Gasteiger partial charge in [0.1, 0.15) is 10.0 Å². The average Bonchev–Trinajstić information content (AvgIpc) is 3.20. The Bertz CT molecular complexity index is 938. The molecule has 0 aliphatic carbocycles. The van der Waals surface area contributed by atoms with E-state index in [1.165, 1.54) is 25.1 Å². The Balaban J connectivity index is 1.78. The number of carbonyl (C=O) groups is 1. The Morgan fingerprint density at radius 3 is 2.73 bits per heavy atom. The van der Waals surface area contributed by atoms with E-state index in [0.717, 1.165) is 6.07 Å². The molecule has 0 bridgehead atoms. The molecule has 2 aromatic rings. The van der Waals surface area contributed by atoms with Gasteiger partial charge >= 0.3 is 0 Å². The monoisotopic (exact) mass is 402 g/mol. The number of carbonyl (C=O) groups excluding carboxylic acids is 1. The molecule has 2 heterocycles. The second-order valence-electron chi connectivity index (χ2n) is 5.85. The summed E-state index contributed by atoms with van der Waals surface area (Å²) < 4.78 is 59.3. The van der Waals surface area contributed by atoms with E-state index in [1.807, 2.05) is 0 Å². The molecule has 0 unspecified atom stereocenters. The van der Waals surface area contributed by atoms with Gasteiger partial charge in [-0.1, -0.05) is 11.3 Å². The Labute approximate surface area is 153 Å². The number of thiophene rings is 1. The van der Waals surface area contributed by atoms with Crippen LogP contribution in [-0.2, 0) is 14.8 Å². The fourth-order valence-corrected chi connectivity index (χ4v) is 4.89. The number of rotatable bonds is 5. The zero-order valence-electron chi connectivity index (χ0n) is 13.7. The van der Waals surface area contributed by atoms with E-state index < -0.39 is 26.9 Å². The van der Waals surface area contributed by atoms with Crippen molar-refractivity contribution in [3.05, 3.63) is 46.3 Å². The van der Waals surface area contributed by atoms with E-state index >= 15 is 0 Å². The fraction of sp³-hybridized carbons (Fsp3) is 0.312. The standard InChI is InChI=1S/C16H16F2N2O4S2/c1-9-6-10(2-3-13(9)17)19-16(21)12-7-14(25-15(12)18)26(22,23)20-11-4-5-24-8-11/h2-3,6-7,11,20H,4-5,8H2,1H3,(H,19,21)/t11-/m0/s1. The first-order chi connectivity index (χ1) is 12.3. The quantitative estimate of drug-likeness (QED) is 0.805. The molecule has 3 rings (SSSR count). The summed E-state index contributed by atoms with van der Waals surface area (Å²) in [7, 11) is -3.95. The van der Waals surface area contributed by atoms with Crippen LogP contribution in [0.3, 0.4) is 0 Å². The Morgan fingerprint density at radius 2 is 2.08 bits per heavy atom. The van der Waals surface area contributed by atoms with Gasteiger partial charge in [-0.15, -0.1) is 0 Å². The molecule has 1 aliphatic rings. The van der Waals surface area contributed by atoms with E-state index in [0.29, 0.717) is 29.9 Å². The maximum absolute atomic E-state index is 14.1. The number of anilines is 1. The van der Waals surface area contributed by atoms with E-state index in [9.17, 15) is 22.0 Å². The van der Waals surface area contributed by atoms with Crippen LogP contribution in [0.1, 0.15) is 22.3 Å². The average molecular weight is 402 g/mol. The summed E-state index contributed by atoms with van der Waals surface area (Å²) in [6.07, 6.45) is 0.532. The number of amides is 1. The molecule has 0 radical (unpaired) electrons. The third-order valence-electron chi connectivity index (χ3n) is 3.84. The highest BCUT2D eigenvalue weighted by molar-refractivity contribution is 7.91. The summed E-state index contributed by atoms with van der Waals surface area (Å²) >= 11 is 0.370. The zero-order chi connectivity index (χ0) is 18.9. The zero-order valence-corrected chi connectivity index (χ0v) is 15.3. The number of nitrogens with one attached hydrogen (secondary N) is 2. The summed E-state index contributed by atoms with van der Waals surface area (Å²) in [6.45, 7) is 2.24. The molecule has 1 saturated heterocycles. The van der Waals surface area contributed by atoms with Crippen LogP contribution in [0.15, 0.2) is 28.5 Å². The number of hydrogen-bond acceptors (Lipinski definition) is 5. The maximum atomic E-state index is 14.1. The minimum atomic E-state index is -3.95. The molecule has 1 aromatic carbocycles. The molecule has 10 heteroatoms. The highest BCUT2D eigenvalue weighted by Crippen LogP contribution is 2.26. The number of halogens is 2. The third-order valence-corrected chi connectivity index (χ3v) is 6.76. The summed E-state index contributed by atoms with van der Waals surface area (Å²) in [5.41, 5.74) is 0.213. The lowest BCUT2D eigenvalue weighted by atomic mass is 10.2. The van der Waals surface area contributed by atoms with Crippen molar-refractivity contribution in [2.24, 2.45) is 0 Å². The number of ether oxygens (including phenoxy) is 1. The summed E-state index contributed by atoms with van der Waals surface area (Å²) in [5.74, 6) is -1.24. The van der Waals surface area contributed by atoms with Crippen molar-refractivity contribution < 1.29 is 26.7 Å². The fourth-order valence-electron chi connectivity index (χ4n) is 2.46. The molecule has 1 atom stereocenters. The molecule has 2 N–H and O–H groups in total. The van der Waals surface area contributed by atoms with Gasteiger partial charge in [0.15, 0.2) is 5.13 Å². The summed E-state index contributed by atoms with van der Waals surface area (Å²) in [6, 6.07) is 4.53. The molecule has 1 aliphatic heterocycles. The van der Waals surface area contributed by atoms with E-state index in [2.05, 4.69) is 10.0 Å². The van der Waals surface area contributed by atoms with Gasteiger partial charge in [-0.05, 0) is 43.2 Å². The van der Waals surface area contributed by atoms with Gasteiger partial charge in [0, 0.05) is 18.3 Å². The smallest absolute Gasteiger partial charge is 0.259 e. The van der Waals surface area contributed by atoms with Crippen molar-refractivity contribution >= 4 is 33.0 Å². The Kier molecular flexibility index (Phi) is 5.37. The molecule has 0 saturated carbocycles. The van der Waals surface area contributed by atoms with Crippen molar-refractivity contribution in [3.8, 4) is 0 Å². The normalized spacial score (nSPS) is 17.4. The topological polar surface area (TPSA) is 84.5 Å².